The number of rotatable bonds is 3. The molecular weight excluding hydrogens is 240 g/mol. The number of hydrogen-bond acceptors (Lipinski definition) is 4. The monoisotopic (exact) mass is 254 g/mol. The summed E-state index contributed by atoms with van der Waals surface area (Å²) in [4.78, 5) is 7.77. The van der Waals surface area contributed by atoms with Crippen LogP contribution in [0.25, 0.3) is 22.4 Å². The molecule has 0 fully saturated rings. The van der Waals surface area contributed by atoms with E-state index in [0.29, 0.717) is 5.69 Å². The molecule has 0 aliphatic heterocycles. The molecule has 0 saturated heterocycles. The Balaban J connectivity index is 2.04. The predicted octanol–water partition coefficient (Wildman–Crippen LogP) is 3.07. The molecule has 5 nitrogen and oxygen atoms in total. The summed E-state index contributed by atoms with van der Waals surface area (Å²) in [5.41, 5.74) is 6.59. The van der Waals surface area contributed by atoms with E-state index >= 15 is 0 Å². The lowest BCUT2D eigenvalue weighted by Gasteiger charge is -2.00. The van der Waals surface area contributed by atoms with Gasteiger partial charge in [0.2, 0.25) is 0 Å². The van der Waals surface area contributed by atoms with Crippen LogP contribution in [-0.2, 0) is 0 Å². The minimum Gasteiger partial charge on any atom is -0.388 e. The molecule has 96 valence electrons. The molecule has 2 aromatic carbocycles. The van der Waals surface area contributed by atoms with Crippen molar-refractivity contribution >= 4 is 22.4 Å². The predicted molar refractivity (Wildman–Crippen MR) is 76.5 cm³/mol. The van der Waals surface area contributed by atoms with Crippen molar-refractivity contribution in [1.29, 1.82) is 0 Å². The fourth-order valence-corrected chi connectivity index (χ4v) is 2.01. The molecule has 19 heavy (non-hydrogen) atoms. The van der Waals surface area contributed by atoms with Crippen LogP contribution in [0.3, 0.4) is 0 Å². The molecule has 1 heterocycles. The first-order valence-corrected chi connectivity index (χ1v) is 5.98. The lowest BCUT2D eigenvalue weighted by Crippen LogP contribution is -1.87. The summed E-state index contributed by atoms with van der Waals surface area (Å²) in [5, 5.41) is 12.0. The number of imidazole rings is 1. The number of aromatic amines is 1. The van der Waals surface area contributed by atoms with Gasteiger partial charge in [-0.1, -0.05) is 0 Å². The molecule has 4 N–H and O–H groups in total. The van der Waals surface area contributed by atoms with Crippen LogP contribution in [0.4, 0.5) is 11.4 Å². The highest BCUT2D eigenvalue weighted by atomic mass is 16.5. The molecule has 3 aromatic rings. The second-order valence-electron chi connectivity index (χ2n) is 4.26. The number of hydrogen-bond donors (Lipinski definition) is 4. The first-order valence-electron chi connectivity index (χ1n) is 5.98. The number of nitrogens with one attached hydrogen (secondary N) is 3. The van der Waals surface area contributed by atoms with Crippen LogP contribution in [0.5, 0.6) is 0 Å². The average molecular weight is 254 g/mol. The van der Waals surface area contributed by atoms with E-state index in [1.807, 2.05) is 43.4 Å². The Bertz CT molecular complexity index is 703. The minimum atomic E-state index is 0.633. The zero-order valence-corrected chi connectivity index (χ0v) is 10.4. The maximum absolute atomic E-state index is 8.89. The normalized spacial score (nSPS) is 10.6. The molecule has 0 saturated carbocycles. The minimum absolute atomic E-state index is 0.633. The summed E-state index contributed by atoms with van der Waals surface area (Å²) in [7, 11) is 1.89. The Kier molecular flexibility index (Phi) is 2.81. The number of benzene rings is 2. The van der Waals surface area contributed by atoms with Gasteiger partial charge in [0.1, 0.15) is 5.82 Å². The van der Waals surface area contributed by atoms with Gasteiger partial charge in [-0.25, -0.2) is 4.98 Å². The molecule has 0 unspecified atom stereocenters. The smallest absolute Gasteiger partial charge is 0.138 e. The standard InChI is InChI=1S/C14H14N4O/c1-15-10-4-2-9(3-5-10)14-16-12-7-6-11(18-19)8-13(12)17-14/h2-8,15,18-19H,1H3,(H,16,17). The summed E-state index contributed by atoms with van der Waals surface area (Å²) in [6, 6.07) is 13.5. The van der Waals surface area contributed by atoms with Crippen molar-refractivity contribution in [2.24, 2.45) is 0 Å². The molecule has 0 atom stereocenters. The van der Waals surface area contributed by atoms with Crippen LogP contribution < -0.4 is 10.8 Å². The van der Waals surface area contributed by atoms with E-state index in [1.165, 1.54) is 0 Å². The van der Waals surface area contributed by atoms with Gasteiger partial charge in [-0.2, -0.15) is 0 Å². The molecule has 0 amide bonds. The van der Waals surface area contributed by atoms with Crippen molar-refractivity contribution in [3.63, 3.8) is 0 Å². The molecule has 3 rings (SSSR count). The molecule has 1 aromatic heterocycles. The maximum Gasteiger partial charge on any atom is 0.138 e. The van der Waals surface area contributed by atoms with Gasteiger partial charge < -0.3 is 10.3 Å². The van der Waals surface area contributed by atoms with Gasteiger partial charge in [-0.3, -0.25) is 10.7 Å². The summed E-state index contributed by atoms with van der Waals surface area (Å²) in [6.07, 6.45) is 0. The van der Waals surface area contributed by atoms with Crippen LogP contribution in [-0.4, -0.2) is 22.2 Å². The molecule has 0 bridgehead atoms. The van der Waals surface area contributed by atoms with Gasteiger partial charge in [-0.15, -0.1) is 0 Å². The largest absolute Gasteiger partial charge is 0.388 e. The second-order valence-corrected chi connectivity index (χ2v) is 4.26. The third kappa shape index (κ3) is 2.11. The second kappa shape index (κ2) is 4.62. The van der Waals surface area contributed by atoms with E-state index in [2.05, 4.69) is 20.8 Å². The zero-order chi connectivity index (χ0) is 13.2. The summed E-state index contributed by atoms with van der Waals surface area (Å²) in [5.74, 6) is 0.813. The van der Waals surface area contributed by atoms with Crippen molar-refractivity contribution in [3.8, 4) is 11.4 Å². The Morgan fingerprint density at radius 3 is 2.47 bits per heavy atom. The van der Waals surface area contributed by atoms with Crippen molar-refractivity contribution in [3.05, 3.63) is 42.5 Å². The summed E-state index contributed by atoms with van der Waals surface area (Å²) >= 11 is 0. The zero-order valence-electron chi connectivity index (χ0n) is 10.4. The number of anilines is 2. The molecule has 0 aliphatic carbocycles. The van der Waals surface area contributed by atoms with Gasteiger partial charge in [0.25, 0.3) is 0 Å². The van der Waals surface area contributed by atoms with Crippen LogP contribution in [0, 0.1) is 0 Å². The number of aromatic nitrogens is 2. The van der Waals surface area contributed by atoms with Crippen LogP contribution >= 0.6 is 0 Å². The maximum atomic E-state index is 8.89. The number of nitrogens with zero attached hydrogens (tertiary/aromatic N) is 1. The highest BCUT2D eigenvalue weighted by Crippen LogP contribution is 2.23. The number of H-pyrrole nitrogens is 1. The Labute approximate surface area is 110 Å². The van der Waals surface area contributed by atoms with E-state index in [-0.39, 0.29) is 0 Å². The Morgan fingerprint density at radius 2 is 1.79 bits per heavy atom. The first-order chi connectivity index (χ1) is 9.30. The molecule has 5 heteroatoms. The van der Waals surface area contributed by atoms with Crippen LogP contribution in [0.1, 0.15) is 0 Å². The SMILES string of the molecule is CNc1ccc(-c2nc3ccc(NO)cc3[nH]2)cc1. The third-order valence-corrected chi connectivity index (χ3v) is 3.06. The van der Waals surface area contributed by atoms with E-state index < -0.39 is 0 Å². The molecule has 0 aliphatic rings. The van der Waals surface area contributed by atoms with Gasteiger partial charge in [0.15, 0.2) is 0 Å². The van der Waals surface area contributed by atoms with Crippen molar-refractivity contribution in [2.45, 2.75) is 0 Å². The van der Waals surface area contributed by atoms with Crippen molar-refractivity contribution in [1.82, 2.24) is 9.97 Å². The van der Waals surface area contributed by atoms with Gasteiger partial charge in [0.05, 0.1) is 16.7 Å². The van der Waals surface area contributed by atoms with Crippen LogP contribution in [0.15, 0.2) is 42.5 Å². The fourth-order valence-electron chi connectivity index (χ4n) is 2.01. The van der Waals surface area contributed by atoms with E-state index in [9.17, 15) is 0 Å². The lowest BCUT2D eigenvalue weighted by atomic mass is 10.2. The molecule has 0 radical (unpaired) electrons. The van der Waals surface area contributed by atoms with E-state index in [0.717, 1.165) is 28.1 Å². The van der Waals surface area contributed by atoms with Crippen LogP contribution in [0.2, 0.25) is 0 Å². The Morgan fingerprint density at radius 1 is 1.05 bits per heavy atom. The lowest BCUT2D eigenvalue weighted by molar-refractivity contribution is 0.389. The van der Waals surface area contributed by atoms with E-state index in [4.69, 9.17) is 5.21 Å². The summed E-state index contributed by atoms with van der Waals surface area (Å²) in [6.45, 7) is 0. The molecular formula is C14H14N4O. The highest BCUT2D eigenvalue weighted by molar-refractivity contribution is 5.82. The first kappa shape index (κ1) is 11.6. The topological polar surface area (TPSA) is 73.0 Å². The fraction of sp³-hybridized carbons (Fsp3) is 0.0714. The Hall–Kier alpha value is -2.53. The molecule has 0 spiro atoms. The van der Waals surface area contributed by atoms with Crippen molar-refractivity contribution in [2.75, 3.05) is 17.8 Å². The van der Waals surface area contributed by atoms with Gasteiger partial charge in [0, 0.05) is 18.3 Å². The quantitative estimate of drug-likeness (QED) is 0.542. The third-order valence-electron chi connectivity index (χ3n) is 3.06. The van der Waals surface area contributed by atoms with Crippen molar-refractivity contribution < 1.29 is 5.21 Å². The summed E-state index contributed by atoms with van der Waals surface area (Å²) < 4.78 is 0. The average Bonchev–Trinajstić information content (AvgIpc) is 2.90. The number of fused-ring (bicyclic) bond motifs is 1. The van der Waals surface area contributed by atoms with Gasteiger partial charge >= 0.3 is 0 Å². The van der Waals surface area contributed by atoms with Gasteiger partial charge in [-0.05, 0) is 42.5 Å². The highest BCUT2D eigenvalue weighted by Gasteiger charge is 2.05. The van der Waals surface area contributed by atoms with E-state index in [1.54, 1.807) is 6.07 Å².